The van der Waals surface area contributed by atoms with Gasteiger partial charge in [-0.3, -0.25) is 4.79 Å². The van der Waals surface area contributed by atoms with Crippen molar-refractivity contribution in [2.24, 2.45) is 0 Å². The number of rotatable bonds is 6. The van der Waals surface area contributed by atoms with E-state index in [0.29, 0.717) is 18.1 Å². The first-order valence-corrected chi connectivity index (χ1v) is 4.53. The zero-order chi connectivity index (χ0) is 9.40. The number of allylic oxidation sites excluding steroid dienone is 1. The van der Waals surface area contributed by atoms with Crippen LogP contribution < -0.4 is 0 Å². The van der Waals surface area contributed by atoms with E-state index in [-0.39, 0.29) is 5.97 Å². The molecule has 0 fully saturated rings. The Morgan fingerprint density at radius 1 is 1.42 bits per heavy atom. The van der Waals surface area contributed by atoms with Gasteiger partial charge in [0.25, 0.3) is 0 Å². The molecule has 2 nitrogen and oxygen atoms in total. The molecule has 0 amide bonds. The highest BCUT2D eigenvalue weighted by Crippen LogP contribution is 2.10. The molecule has 0 spiro atoms. The Hall–Kier alpha value is -0.500. The van der Waals surface area contributed by atoms with Crippen LogP contribution in [0.15, 0.2) is 11.6 Å². The second-order valence-electron chi connectivity index (χ2n) is 2.53. The molecule has 0 aliphatic heterocycles. The van der Waals surface area contributed by atoms with Crippen LogP contribution in [0.2, 0.25) is 0 Å². The van der Waals surface area contributed by atoms with Crippen LogP contribution in [0.3, 0.4) is 0 Å². The first-order valence-electron chi connectivity index (χ1n) is 4.15. The fourth-order valence-corrected chi connectivity index (χ4v) is 0.953. The zero-order valence-corrected chi connectivity index (χ0v) is 8.19. The van der Waals surface area contributed by atoms with Crippen LogP contribution in [0.1, 0.15) is 32.6 Å². The van der Waals surface area contributed by atoms with E-state index in [9.17, 15) is 4.79 Å². The smallest absolute Gasteiger partial charge is 0.305 e. The number of esters is 1. The highest BCUT2D eigenvalue weighted by Gasteiger charge is 2.00. The predicted octanol–water partition coefficient (Wildman–Crippen LogP) is 2.86. The fourth-order valence-electron chi connectivity index (χ4n) is 0.819. The largest absolute Gasteiger partial charge is 0.466 e. The lowest BCUT2D eigenvalue weighted by Crippen LogP contribution is -2.02. The summed E-state index contributed by atoms with van der Waals surface area (Å²) in [5.41, 5.74) is 0. The normalized spacial score (nSPS) is 9.50. The predicted molar refractivity (Wildman–Crippen MR) is 50.1 cm³/mol. The molecule has 0 aromatic carbocycles. The van der Waals surface area contributed by atoms with Crippen molar-refractivity contribution in [2.75, 3.05) is 6.61 Å². The van der Waals surface area contributed by atoms with E-state index < -0.39 is 0 Å². The Bertz CT molecular complexity index is 155. The number of halogens is 1. The first-order chi connectivity index (χ1) is 5.66. The molecule has 0 bridgehead atoms. The van der Waals surface area contributed by atoms with Crippen molar-refractivity contribution in [1.29, 1.82) is 0 Å². The van der Waals surface area contributed by atoms with Crippen molar-refractivity contribution in [3.63, 3.8) is 0 Å². The number of hydrogen-bond acceptors (Lipinski definition) is 2. The number of unbranched alkanes of at least 4 members (excludes halogenated alkanes) is 1. The van der Waals surface area contributed by atoms with E-state index in [0.717, 1.165) is 19.3 Å². The molecule has 0 rings (SSSR count). The first kappa shape index (κ1) is 11.5. The quantitative estimate of drug-likeness (QED) is 0.476. The van der Waals surface area contributed by atoms with Gasteiger partial charge in [-0.2, -0.15) is 0 Å². The summed E-state index contributed by atoms with van der Waals surface area (Å²) in [7, 11) is 0. The minimum atomic E-state index is -0.127. The summed E-state index contributed by atoms with van der Waals surface area (Å²) in [4.78, 5) is 10.8. The molecule has 0 aliphatic rings. The molecule has 3 heteroatoms. The van der Waals surface area contributed by atoms with Gasteiger partial charge < -0.3 is 4.74 Å². The summed E-state index contributed by atoms with van der Waals surface area (Å²) in [6, 6.07) is 0. The minimum absolute atomic E-state index is 0.127. The van der Waals surface area contributed by atoms with Crippen LogP contribution in [-0.2, 0) is 9.53 Å². The van der Waals surface area contributed by atoms with Crippen molar-refractivity contribution < 1.29 is 9.53 Å². The maximum absolute atomic E-state index is 10.8. The Balaban J connectivity index is 3.19. The molecule has 0 aliphatic carbocycles. The highest BCUT2D eigenvalue weighted by molar-refractivity contribution is 6.29. The minimum Gasteiger partial charge on any atom is -0.466 e. The van der Waals surface area contributed by atoms with Crippen LogP contribution in [0, 0.1) is 0 Å². The van der Waals surface area contributed by atoms with Gasteiger partial charge in [0.2, 0.25) is 0 Å². The summed E-state index contributed by atoms with van der Waals surface area (Å²) < 4.78 is 4.75. The summed E-state index contributed by atoms with van der Waals surface area (Å²) in [5, 5.41) is 0.652. The average molecular weight is 191 g/mol. The highest BCUT2D eigenvalue weighted by atomic mass is 35.5. The van der Waals surface area contributed by atoms with Crippen molar-refractivity contribution in [1.82, 2.24) is 0 Å². The van der Waals surface area contributed by atoms with Crippen molar-refractivity contribution in [3.05, 3.63) is 11.6 Å². The van der Waals surface area contributed by atoms with Crippen molar-refractivity contribution >= 4 is 17.6 Å². The lowest BCUT2D eigenvalue weighted by molar-refractivity contribution is -0.143. The standard InChI is InChI=1S/C9H15ClO2/c1-3-12-9(11)7-5-4-6-8(2)10/h2-7H2,1H3. The Morgan fingerprint density at radius 3 is 2.50 bits per heavy atom. The third-order valence-corrected chi connectivity index (χ3v) is 1.57. The van der Waals surface area contributed by atoms with Crippen molar-refractivity contribution in [2.45, 2.75) is 32.6 Å². The molecule has 0 saturated heterocycles. The summed E-state index contributed by atoms with van der Waals surface area (Å²) in [6.07, 6.45) is 2.99. The Labute approximate surface area is 78.5 Å². The number of ether oxygens (including phenoxy) is 1. The van der Waals surface area contributed by atoms with E-state index in [4.69, 9.17) is 16.3 Å². The molecule has 0 atom stereocenters. The molecule has 12 heavy (non-hydrogen) atoms. The summed E-state index contributed by atoms with van der Waals surface area (Å²) >= 11 is 5.54. The Kier molecular flexibility index (Phi) is 6.87. The molecular weight excluding hydrogens is 176 g/mol. The van der Waals surface area contributed by atoms with Crippen LogP contribution in [0.4, 0.5) is 0 Å². The van der Waals surface area contributed by atoms with Gasteiger partial charge >= 0.3 is 5.97 Å². The molecule has 0 saturated carbocycles. The van der Waals surface area contributed by atoms with Crippen molar-refractivity contribution in [3.8, 4) is 0 Å². The van der Waals surface area contributed by atoms with Crippen LogP contribution in [-0.4, -0.2) is 12.6 Å². The van der Waals surface area contributed by atoms with Gasteiger partial charge in [0.15, 0.2) is 0 Å². The van der Waals surface area contributed by atoms with E-state index in [1.807, 2.05) is 0 Å². The van der Waals surface area contributed by atoms with Gasteiger partial charge in [0.1, 0.15) is 0 Å². The van der Waals surface area contributed by atoms with Gasteiger partial charge in [-0.05, 0) is 26.2 Å². The lowest BCUT2D eigenvalue weighted by atomic mass is 10.2. The lowest BCUT2D eigenvalue weighted by Gasteiger charge is -2.00. The molecule has 0 heterocycles. The molecule has 0 N–H and O–H groups in total. The van der Waals surface area contributed by atoms with E-state index in [1.165, 1.54) is 0 Å². The number of hydrogen-bond donors (Lipinski definition) is 0. The SMILES string of the molecule is C=C(Cl)CCCCC(=O)OCC. The molecule has 0 unspecified atom stereocenters. The Morgan fingerprint density at radius 2 is 2.00 bits per heavy atom. The maximum Gasteiger partial charge on any atom is 0.305 e. The van der Waals surface area contributed by atoms with Gasteiger partial charge in [-0.1, -0.05) is 18.2 Å². The van der Waals surface area contributed by atoms with Gasteiger partial charge in [-0.15, -0.1) is 0 Å². The summed E-state index contributed by atoms with van der Waals surface area (Å²) in [6.45, 7) is 5.82. The van der Waals surface area contributed by atoms with Crippen LogP contribution in [0.25, 0.3) is 0 Å². The zero-order valence-electron chi connectivity index (χ0n) is 7.44. The molecule has 0 radical (unpaired) electrons. The van der Waals surface area contributed by atoms with Gasteiger partial charge in [0, 0.05) is 11.5 Å². The number of carbonyl (C=O) groups is 1. The summed E-state index contributed by atoms with van der Waals surface area (Å²) in [5.74, 6) is -0.127. The molecule has 0 aromatic heterocycles. The molecule has 0 aromatic rings. The molecule has 70 valence electrons. The second kappa shape index (κ2) is 7.17. The fraction of sp³-hybridized carbons (Fsp3) is 0.667. The topological polar surface area (TPSA) is 26.3 Å². The third-order valence-electron chi connectivity index (χ3n) is 1.38. The van der Waals surface area contributed by atoms with Gasteiger partial charge in [-0.25, -0.2) is 0 Å². The number of carbonyl (C=O) groups excluding carboxylic acids is 1. The van der Waals surface area contributed by atoms with Crippen LogP contribution in [0.5, 0.6) is 0 Å². The third kappa shape index (κ3) is 7.61. The van der Waals surface area contributed by atoms with E-state index >= 15 is 0 Å². The van der Waals surface area contributed by atoms with Gasteiger partial charge in [0.05, 0.1) is 6.61 Å². The molecular formula is C9H15ClO2. The maximum atomic E-state index is 10.8. The second-order valence-corrected chi connectivity index (χ2v) is 3.06. The average Bonchev–Trinajstić information content (AvgIpc) is 1.98. The van der Waals surface area contributed by atoms with E-state index in [2.05, 4.69) is 6.58 Å². The van der Waals surface area contributed by atoms with Crippen LogP contribution >= 0.6 is 11.6 Å². The van der Waals surface area contributed by atoms with E-state index in [1.54, 1.807) is 6.92 Å². The monoisotopic (exact) mass is 190 g/mol.